The molecular formula is C25H26FN7O3. The number of aromatic nitrogens is 4. The molecule has 0 amide bonds. The summed E-state index contributed by atoms with van der Waals surface area (Å²) in [5.41, 5.74) is -0.174. The smallest absolute Gasteiger partial charge is 0.272 e. The summed E-state index contributed by atoms with van der Waals surface area (Å²) in [6.07, 6.45) is 4.52. The maximum absolute atomic E-state index is 14.0. The van der Waals surface area contributed by atoms with Crippen LogP contribution in [0.2, 0.25) is 0 Å². The summed E-state index contributed by atoms with van der Waals surface area (Å²) in [6.45, 7) is 3.25. The maximum atomic E-state index is 14.0. The molecule has 0 saturated carbocycles. The Morgan fingerprint density at radius 1 is 1.14 bits per heavy atom. The summed E-state index contributed by atoms with van der Waals surface area (Å²) in [5.74, 6) is 1.47. The molecule has 1 aromatic carbocycles. The van der Waals surface area contributed by atoms with Crippen molar-refractivity contribution in [3.63, 3.8) is 0 Å². The van der Waals surface area contributed by atoms with Crippen LogP contribution < -0.4 is 25.8 Å². The highest BCUT2D eigenvalue weighted by Gasteiger charge is 2.28. The Morgan fingerprint density at radius 2 is 1.94 bits per heavy atom. The first-order valence-electron chi connectivity index (χ1n) is 11.5. The molecule has 36 heavy (non-hydrogen) atoms. The van der Waals surface area contributed by atoms with E-state index in [9.17, 15) is 14.3 Å². The van der Waals surface area contributed by atoms with Crippen LogP contribution in [0.15, 0.2) is 53.6 Å². The number of pyridine rings is 2. The molecular weight excluding hydrogens is 465 g/mol. The van der Waals surface area contributed by atoms with Gasteiger partial charge in [0.15, 0.2) is 0 Å². The number of piperidine rings is 1. The Kier molecular flexibility index (Phi) is 6.15. The van der Waals surface area contributed by atoms with E-state index in [1.807, 2.05) is 13.0 Å². The molecule has 5 rings (SSSR count). The first-order chi connectivity index (χ1) is 17.3. The summed E-state index contributed by atoms with van der Waals surface area (Å²) in [7, 11) is 1.57. The number of H-pyrrole nitrogens is 1. The third-order valence-electron chi connectivity index (χ3n) is 6.23. The van der Waals surface area contributed by atoms with Crippen LogP contribution in [-0.2, 0) is 0 Å². The number of rotatable bonds is 6. The van der Waals surface area contributed by atoms with E-state index >= 15 is 0 Å². The first-order valence-corrected chi connectivity index (χ1v) is 11.5. The molecule has 11 heteroatoms. The van der Waals surface area contributed by atoms with Crippen molar-refractivity contribution in [2.24, 2.45) is 0 Å². The van der Waals surface area contributed by atoms with E-state index in [1.54, 1.807) is 43.8 Å². The number of methoxy groups -OCH3 is 1. The Labute approximate surface area is 206 Å². The zero-order valence-electron chi connectivity index (χ0n) is 19.9. The van der Waals surface area contributed by atoms with Gasteiger partial charge in [-0.3, -0.25) is 4.79 Å². The minimum absolute atomic E-state index is 0.149. The summed E-state index contributed by atoms with van der Waals surface area (Å²) in [4.78, 5) is 30.3. The van der Waals surface area contributed by atoms with E-state index in [4.69, 9.17) is 4.74 Å². The van der Waals surface area contributed by atoms with Crippen molar-refractivity contribution < 1.29 is 14.2 Å². The Hall–Kier alpha value is -4.25. The zero-order chi connectivity index (χ0) is 25.3. The van der Waals surface area contributed by atoms with Gasteiger partial charge in [-0.25, -0.2) is 14.4 Å². The number of para-hydroxylation sites is 1. The molecule has 4 aromatic rings. The fourth-order valence-corrected chi connectivity index (χ4v) is 4.11. The predicted octanol–water partition coefficient (Wildman–Crippen LogP) is 3.70. The van der Waals surface area contributed by atoms with Crippen LogP contribution in [0.3, 0.4) is 0 Å². The van der Waals surface area contributed by atoms with Gasteiger partial charge in [-0.05, 0) is 38.0 Å². The van der Waals surface area contributed by atoms with Crippen molar-refractivity contribution in [3.05, 3.63) is 65.0 Å². The molecule has 186 valence electrons. The molecule has 0 radical (unpaired) electrons. The number of halogens is 1. The second kappa shape index (κ2) is 9.42. The molecule has 4 N–H and O–H groups in total. The lowest BCUT2D eigenvalue weighted by atomic mass is 9.94. The summed E-state index contributed by atoms with van der Waals surface area (Å²) in [5, 5.41) is 16.8. The molecule has 0 bridgehead atoms. The molecule has 1 aliphatic rings. The lowest BCUT2D eigenvalue weighted by Crippen LogP contribution is -2.42. The number of ether oxygens (including phenoxy) is 1. The van der Waals surface area contributed by atoms with E-state index in [1.165, 1.54) is 6.07 Å². The van der Waals surface area contributed by atoms with Crippen molar-refractivity contribution >= 4 is 39.9 Å². The number of nitrogens with zero attached hydrogens (tertiary/aromatic N) is 4. The number of anilines is 5. The number of hydrogen-bond donors (Lipinski definition) is 4. The van der Waals surface area contributed by atoms with Gasteiger partial charge < -0.3 is 30.4 Å². The van der Waals surface area contributed by atoms with Gasteiger partial charge in [0.05, 0.1) is 24.4 Å². The SMILES string of the molecule is COc1cc(N2CCC(C)(O)CC2)ncc1Nc1nccc(Nc2cc3cccc(F)c3[nH]c2=O)n1. The fraction of sp³-hybridized carbons (Fsp3) is 0.280. The highest BCUT2D eigenvalue weighted by molar-refractivity contribution is 5.82. The van der Waals surface area contributed by atoms with Crippen LogP contribution in [0.5, 0.6) is 5.75 Å². The minimum Gasteiger partial charge on any atom is -0.494 e. The van der Waals surface area contributed by atoms with Crippen molar-refractivity contribution in [2.75, 3.05) is 35.7 Å². The number of benzene rings is 1. The molecule has 10 nitrogen and oxygen atoms in total. The van der Waals surface area contributed by atoms with Crippen molar-refractivity contribution in [1.29, 1.82) is 0 Å². The number of aromatic amines is 1. The summed E-state index contributed by atoms with van der Waals surface area (Å²) >= 11 is 0. The number of hydrogen-bond acceptors (Lipinski definition) is 9. The molecule has 1 saturated heterocycles. The zero-order valence-corrected chi connectivity index (χ0v) is 19.9. The van der Waals surface area contributed by atoms with Gasteiger partial charge in [-0.2, -0.15) is 4.98 Å². The van der Waals surface area contributed by atoms with E-state index in [2.05, 4.69) is 35.5 Å². The third-order valence-corrected chi connectivity index (χ3v) is 6.23. The first kappa shape index (κ1) is 23.5. The van der Waals surface area contributed by atoms with Crippen LogP contribution in [0.4, 0.5) is 33.3 Å². The van der Waals surface area contributed by atoms with Crippen molar-refractivity contribution in [2.45, 2.75) is 25.4 Å². The molecule has 1 fully saturated rings. The molecule has 0 atom stereocenters. The van der Waals surface area contributed by atoms with Crippen molar-refractivity contribution in [1.82, 2.24) is 19.9 Å². The average molecular weight is 492 g/mol. The monoisotopic (exact) mass is 491 g/mol. The second-order valence-electron chi connectivity index (χ2n) is 8.96. The Bertz CT molecular complexity index is 1460. The van der Waals surface area contributed by atoms with E-state index in [0.29, 0.717) is 48.6 Å². The van der Waals surface area contributed by atoms with Crippen LogP contribution in [0.1, 0.15) is 19.8 Å². The second-order valence-corrected chi connectivity index (χ2v) is 8.96. The lowest BCUT2D eigenvalue weighted by Gasteiger charge is -2.36. The van der Waals surface area contributed by atoms with Gasteiger partial charge >= 0.3 is 0 Å². The molecule has 0 unspecified atom stereocenters. The topological polar surface area (TPSA) is 128 Å². The van der Waals surface area contributed by atoms with Crippen LogP contribution in [-0.4, -0.2) is 50.8 Å². The lowest BCUT2D eigenvalue weighted by molar-refractivity contribution is 0.0350. The van der Waals surface area contributed by atoms with Crippen molar-refractivity contribution in [3.8, 4) is 5.75 Å². The third kappa shape index (κ3) is 4.91. The molecule has 3 aromatic heterocycles. The van der Waals surface area contributed by atoms with Crippen LogP contribution in [0.25, 0.3) is 10.9 Å². The number of nitrogens with one attached hydrogen (secondary N) is 3. The van der Waals surface area contributed by atoms with Gasteiger partial charge in [0.25, 0.3) is 5.56 Å². The standard InChI is InChI=1S/C25H26FN7O3/c1-25(35)7-10-33(11-8-25)21-13-19(36-2)18(14-28-21)30-24-27-9-6-20(31-24)29-17-12-15-4-3-5-16(26)22(15)32-23(17)34/h3-6,9,12-14,35H,7-8,10-11H2,1-2H3,(H,32,34)(H2,27,29,30,31). The predicted molar refractivity (Wildman–Crippen MR) is 136 cm³/mol. The summed E-state index contributed by atoms with van der Waals surface area (Å²) in [6, 6.07) is 9.59. The highest BCUT2D eigenvalue weighted by atomic mass is 19.1. The molecule has 1 aliphatic heterocycles. The highest BCUT2D eigenvalue weighted by Crippen LogP contribution is 2.32. The van der Waals surface area contributed by atoms with E-state index < -0.39 is 17.0 Å². The van der Waals surface area contributed by atoms with Gasteiger partial charge in [0.2, 0.25) is 5.95 Å². The van der Waals surface area contributed by atoms with E-state index in [0.717, 1.165) is 5.82 Å². The average Bonchev–Trinajstić information content (AvgIpc) is 2.86. The van der Waals surface area contributed by atoms with Crippen LogP contribution in [0, 0.1) is 5.82 Å². The normalized spacial score (nSPS) is 15.1. The number of aliphatic hydroxyl groups is 1. The molecule has 0 spiro atoms. The van der Waals surface area contributed by atoms with Gasteiger partial charge in [-0.1, -0.05) is 12.1 Å². The maximum Gasteiger partial charge on any atom is 0.272 e. The van der Waals surface area contributed by atoms with Crippen LogP contribution >= 0.6 is 0 Å². The Morgan fingerprint density at radius 3 is 2.72 bits per heavy atom. The summed E-state index contributed by atoms with van der Waals surface area (Å²) < 4.78 is 19.5. The molecule has 0 aliphatic carbocycles. The quantitative estimate of drug-likeness (QED) is 0.319. The van der Waals surface area contributed by atoms with E-state index in [-0.39, 0.29) is 17.2 Å². The van der Waals surface area contributed by atoms with Gasteiger partial charge in [0, 0.05) is 30.7 Å². The fourth-order valence-electron chi connectivity index (χ4n) is 4.11. The van der Waals surface area contributed by atoms with Gasteiger partial charge in [-0.15, -0.1) is 0 Å². The van der Waals surface area contributed by atoms with Gasteiger partial charge in [0.1, 0.15) is 34.6 Å². The number of fused-ring (bicyclic) bond motifs is 1. The largest absolute Gasteiger partial charge is 0.494 e. The Balaban J connectivity index is 1.34. The minimum atomic E-state index is -0.646. The molecule has 4 heterocycles.